The molecule has 0 aromatic carbocycles. The van der Waals surface area contributed by atoms with Gasteiger partial charge in [-0.2, -0.15) is 5.16 Å². The predicted octanol–water partition coefficient (Wildman–Crippen LogP) is -1.63. The second kappa shape index (κ2) is 1.25. The first kappa shape index (κ1) is 4.69. The molecule has 0 amide bonds. The lowest BCUT2D eigenvalue weighted by Crippen LogP contribution is -2.26. The zero-order valence-electron chi connectivity index (χ0n) is 3.62. The van der Waals surface area contributed by atoms with Crippen LogP contribution >= 0.6 is 0 Å². The average Bonchev–Trinajstić information content (AvgIpc) is 1.98. The molecule has 1 rings (SSSR count). The standard InChI is InChI=1S/C2H2N2O4/c5-1-2(6)4(7)8-3-1/h7H,(H,3,5). The molecule has 0 fully saturated rings. The zero-order valence-corrected chi connectivity index (χ0v) is 3.62. The summed E-state index contributed by atoms with van der Waals surface area (Å²) in [7, 11) is 0. The third kappa shape index (κ3) is 0.427. The molecule has 0 unspecified atom stereocenters. The molecule has 1 heterocycles. The highest BCUT2D eigenvalue weighted by Gasteiger charge is 1.98. The van der Waals surface area contributed by atoms with Crippen LogP contribution in [0.2, 0.25) is 0 Å². The highest BCUT2D eigenvalue weighted by atomic mass is 16.8. The van der Waals surface area contributed by atoms with Crippen LogP contribution < -0.4 is 11.1 Å². The van der Waals surface area contributed by atoms with E-state index in [-0.39, 0.29) is 4.90 Å². The molecule has 6 nitrogen and oxygen atoms in total. The Balaban J connectivity index is 3.66. The molecule has 0 saturated heterocycles. The van der Waals surface area contributed by atoms with Crippen LogP contribution in [0.15, 0.2) is 14.2 Å². The third-order valence-electron chi connectivity index (χ3n) is 0.593. The SMILES string of the molecule is O=c1[nH]on(O)c1=O. The first-order valence-electron chi connectivity index (χ1n) is 1.72. The lowest BCUT2D eigenvalue weighted by atomic mass is 10.9. The van der Waals surface area contributed by atoms with Gasteiger partial charge in [-0.25, -0.2) is 0 Å². The number of hydrogen-bond acceptors (Lipinski definition) is 4. The quantitative estimate of drug-likeness (QED) is 0.316. The minimum Gasteiger partial charge on any atom is -0.396 e. The maximum Gasteiger partial charge on any atom is 0.388 e. The number of nitrogens with one attached hydrogen (secondary N) is 1. The van der Waals surface area contributed by atoms with Crippen molar-refractivity contribution in [3.8, 4) is 0 Å². The van der Waals surface area contributed by atoms with Gasteiger partial charge in [-0.3, -0.25) is 14.2 Å². The molecule has 0 saturated carbocycles. The minimum atomic E-state index is -1.12. The molecule has 8 heavy (non-hydrogen) atoms. The lowest BCUT2D eigenvalue weighted by molar-refractivity contribution is -0.0251. The Hall–Kier alpha value is -1.46. The van der Waals surface area contributed by atoms with Gasteiger partial charge >= 0.3 is 11.1 Å². The minimum absolute atomic E-state index is 0.178. The average molecular weight is 118 g/mol. The van der Waals surface area contributed by atoms with Crippen LogP contribution in [0, 0.1) is 0 Å². The van der Waals surface area contributed by atoms with E-state index < -0.39 is 11.1 Å². The van der Waals surface area contributed by atoms with Gasteiger partial charge in [-0.15, -0.1) is 0 Å². The van der Waals surface area contributed by atoms with E-state index in [9.17, 15) is 9.59 Å². The summed E-state index contributed by atoms with van der Waals surface area (Å²) >= 11 is 0. The topological polar surface area (TPSA) is 88.2 Å². The van der Waals surface area contributed by atoms with Crippen LogP contribution in [0.1, 0.15) is 0 Å². The van der Waals surface area contributed by atoms with Crippen molar-refractivity contribution in [3.05, 3.63) is 20.7 Å². The Morgan fingerprint density at radius 2 is 2.25 bits per heavy atom. The number of nitrogens with zero attached hydrogens (tertiary/aromatic N) is 1. The number of H-pyrrole nitrogens is 1. The highest BCUT2D eigenvalue weighted by molar-refractivity contribution is 4.64. The number of hydrogen-bond donors (Lipinski definition) is 2. The smallest absolute Gasteiger partial charge is 0.388 e. The Bertz CT molecular complexity index is 277. The molecule has 0 aliphatic heterocycles. The second-order valence-corrected chi connectivity index (χ2v) is 1.10. The van der Waals surface area contributed by atoms with Crippen molar-refractivity contribution in [2.75, 3.05) is 0 Å². The third-order valence-corrected chi connectivity index (χ3v) is 0.593. The molecule has 0 radical (unpaired) electrons. The summed E-state index contributed by atoms with van der Waals surface area (Å²) in [5, 5.41) is 9.75. The monoisotopic (exact) mass is 118 g/mol. The van der Waals surface area contributed by atoms with Crippen molar-refractivity contribution < 1.29 is 9.84 Å². The van der Waals surface area contributed by atoms with E-state index in [2.05, 4.69) is 4.63 Å². The molecular weight excluding hydrogens is 116 g/mol. The van der Waals surface area contributed by atoms with Crippen LogP contribution in [0.4, 0.5) is 0 Å². The Morgan fingerprint density at radius 3 is 2.38 bits per heavy atom. The number of aromatic nitrogens is 2. The van der Waals surface area contributed by atoms with Crippen LogP contribution in [0.3, 0.4) is 0 Å². The summed E-state index contributed by atoms with van der Waals surface area (Å²) in [5.41, 5.74) is -2.10. The highest BCUT2D eigenvalue weighted by Crippen LogP contribution is 1.54. The normalized spacial score (nSPS) is 9.50. The van der Waals surface area contributed by atoms with Crippen LogP contribution in [-0.2, 0) is 0 Å². The maximum absolute atomic E-state index is 10.0. The van der Waals surface area contributed by atoms with Crippen LogP contribution in [0.25, 0.3) is 0 Å². The summed E-state index contributed by atoms with van der Waals surface area (Å²) in [4.78, 5) is 19.9. The van der Waals surface area contributed by atoms with Crippen molar-refractivity contribution in [1.29, 1.82) is 0 Å². The molecule has 0 spiro atoms. The maximum atomic E-state index is 10.0. The lowest BCUT2D eigenvalue weighted by Gasteiger charge is -1.73. The van der Waals surface area contributed by atoms with Crippen LogP contribution in [0.5, 0.6) is 0 Å². The van der Waals surface area contributed by atoms with Crippen molar-refractivity contribution in [2.24, 2.45) is 0 Å². The van der Waals surface area contributed by atoms with Crippen molar-refractivity contribution in [3.63, 3.8) is 0 Å². The van der Waals surface area contributed by atoms with Gasteiger partial charge < -0.3 is 5.21 Å². The summed E-state index contributed by atoms with van der Waals surface area (Å²) in [6.07, 6.45) is 0. The van der Waals surface area contributed by atoms with Gasteiger partial charge in [0.2, 0.25) is 0 Å². The molecule has 0 aliphatic rings. The van der Waals surface area contributed by atoms with E-state index in [0.717, 1.165) is 0 Å². The van der Waals surface area contributed by atoms with Gasteiger partial charge in [-0.05, 0) is 0 Å². The van der Waals surface area contributed by atoms with Crippen molar-refractivity contribution in [1.82, 2.24) is 10.1 Å². The van der Waals surface area contributed by atoms with Gasteiger partial charge in [0.1, 0.15) is 0 Å². The molecule has 1 aromatic rings. The number of aromatic amines is 1. The molecule has 6 heteroatoms. The molecule has 1 aromatic heterocycles. The van der Waals surface area contributed by atoms with Gasteiger partial charge in [-0.1, -0.05) is 0 Å². The molecule has 0 aliphatic carbocycles. The van der Waals surface area contributed by atoms with E-state index >= 15 is 0 Å². The van der Waals surface area contributed by atoms with Crippen LogP contribution in [-0.4, -0.2) is 15.3 Å². The Morgan fingerprint density at radius 1 is 1.62 bits per heavy atom. The molecular formula is C2H2N2O4. The predicted molar refractivity (Wildman–Crippen MR) is 20.8 cm³/mol. The van der Waals surface area contributed by atoms with Gasteiger partial charge in [0, 0.05) is 4.90 Å². The van der Waals surface area contributed by atoms with Crippen molar-refractivity contribution in [2.45, 2.75) is 0 Å². The Labute approximate surface area is 41.8 Å². The summed E-state index contributed by atoms with van der Waals surface area (Å²) in [5.74, 6) is 0. The molecule has 0 bridgehead atoms. The van der Waals surface area contributed by atoms with E-state index in [1.807, 2.05) is 0 Å². The summed E-state index contributed by atoms with van der Waals surface area (Å²) < 4.78 is 3.82. The fourth-order valence-corrected chi connectivity index (χ4v) is 0.257. The van der Waals surface area contributed by atoms with E-state index in [0.29, 0.717) is 0 Å². The van der Waals surface area contributed by atoms with Gasteiger partial charge in [0.15, 0.2) is 0 Å². The fourth-order valence-electron chi connectivity index (χ4n) is 0.257. The van der Waals surface area contributed by atoms with E-state index in [1.165, 1.54) is 0 Å². The molecule has 44 valence electrons. The largest absolute Gasteiger partial charge is 0.396 e. The summed E-state index contributed by atoms with van der Waals surface area (Å²) in [6, 6.07) is 0. The number of rotatable bonds is 0. The van der Waals surface area contributed by atoms with Crippen molar-refractivity contribution >= 4 is 0 Å². The Kier molecular flexibility index (Phi) is 0.736. The van der Waals surface area contributed by atoms with Gasteiger partial charge in [0.05, 0.1) is 0 Å². The van der Waals surface area contributed by atoms with Gasteiger partial charge in [0.25, 0.3) is 0 Å². The molecule has 0 atom stereocenters. The second-order valence-electron chi connectivity index (χ2n) is 1.10. The van der Waals surface area contributed by atoms with E-state index in [4.69, 9.17) is 5.21 Å². The first-order valence-corrected chi connectivity index (χ1v) is 1.72. The first-order chi connectivity index (χ1) is 3.72. The fraction of sp³-hybridized carbons (Fsp3) is 0. The summed E-state index contributed by atoms with van der Waals surface area (Å²) in [6.45, 7) is 0. The van der Waals surface area contributed by atoms with E-state index in [1.54, 1.807) is 5.16 Å². The molecule has 2 N–H and O–H groups in total. The zero-order chi connectivity index (χ0) is 6.15.